The first-order valence-electron chi connectivity index (χ1n) is 8.69. The lowest BCUT2D eigenvalue weighted by atomic mass is 10.0. The quantitative estimate of drug-likeness (QED) is 0.329. The van der Waals surface area contributed by atoms with E-state index >= 15 is 0 Å². The Labute approximate surface area is 146 Å². The van der Waals surface area contributed by atoms with Crippen molar-refractivity contribution in [2.24, 2.45) is 5.92 Å². The van der Waals surface area contributed by atoms with Crippen LogP contribution in [-0.2, 0) is 29.1 Å². The van der Waals surface area contributed by atoms with Gasteiger partial charge in [0.2, 0.25) is 0 Å². The molecule has 0 saturated heterocycles. The molecule has 0 heterocycles. The van der Waals surface area contributed by atoms with Crippen molar-refractivity contribution >= 4 is 11.9 Å². The maximum Gasteiger partial charge on any atom is 0.345 e. The van der Waals surface area contributed by atoms with Crippen molar-refractivity contribution in [3.63, 3.8) is 0 Å². The molecular weight excluding hydrogens is 312 g/mol. The summed E-state index contributed by atoms with van der Waals surface area (Å²) >= 11 is 0. The van der Waals surface area contributed by atoms with Gasteiger partial charge < -0.3 is 0 Å². The smallest absolute Gasteiger partial charge is 0.298 e. The molecule has 0 amide bonds. The van der Waals surface area contributed by atoms with Gasteiger partial charge in [-0.2, -0.15) is 9.78 Å². The molecule has 6 nitrogen and oxygen atoms in total. The standard InChI is InChI=1S/C18H34O6/c1-14(16(20)22-24-18(5,6)7)12-10-8-9-11-13-15(19)21-23-17(2,3)4/h14H,8-13H2,1-7H3. The minimum Gasteiger partial charge on any atom is -0.298 e. The fourth-order valence-corrected chi connectivity index (χ4v) is 1.65. The first-order valence-corrected chi connectivity index (χ1v) is 8.69. The molecule has 6 heteroatoms. The van der Waals surface area contributed by atoms with Gasteiger partial charge in [0.1, 0.15) is 11.2 Å². The maximum absolute atomic E-state index is 11.7. The lowest BCUT2D eigenvalue weighted by Crippen LogP contribution is -2.24. The molecule has 0 radical (unpaired) electrons. The largest absolute Gasteiger partial charge is 0.345 e. The third-order valence-electron chi connectivity index (χ3n) is 2.93. The molecule has 0 aliphatic rings. The highest BCUT2D eigenvalue weighted by molar-refractivity contribution is 5.71. The predicted octanol–water partition coefficient (Wildman–Crippen LogP) is 4.51. The third-order valence-corrected chi connectivity index (χ3v) is 2.93. The molecule has 0 bridgehead atoms. The zero-order chi connectivity index (χ0) is 18.8. The van der Waals surface area contributed by atoms with Crippen LogP contribution in [0.3, 0.4) is 0 Å². The molecular formula is C18H34O6. The van der Waals surface area contributed by atoms with E-state index in [9.17, 15) is 9.59 Å². The van der Waals surface area contributed by atoms with Gasteiger partial charge in [-0.1, -0.05) is 26.2 Å². The summed E-state index contributed by atoms with van der Waals surface area (Å²) in [7, 11) is 0. The van der Waals surface area contributed by atoms with Crippen LogP contribution in [0.4, 0.5) is 0 Å². The van der Waals surface area contributed by atoms with Crippen molar-refractivity contribution in [1.82, 2.24) is 0 Å². The van der Waals surface area contributed by atoms with Gasteiger partial charge in [-0.15, -0.1) is 0 Å². The summed E-state index contributed by atoms with van der Waals surface area (Å²) in [4.78, 5) is 42.7. The highest BCUT2D eigenvalue weighted by Gasteiger charge is 2.20. The molecule has 1 atom stereocenters. The van der Waals surface area contributed by atoms with Gasteiger partial charge in [-0.05, 0) is 54.4 Å². The first kappa shape index (κ1) is 22.9. The molecule has 0 rings (SSSR count). The molecule has 0 N–H and O–H groups in total. The van der Waals surface area contributed by atoms with Crippen LogP contribution in [0.25, 0.3) is 0 Å². The summed E-state index contributed by atoms with van der Waals surface area (Å²) in [5.74, 6) is -0.883. The average molecular weight is 346 g/mol. The molecule has 0 saturated carbocycles. The number of unbranched alkanes of at least 4 members (excludes halogenated alkanes) is 3. The average Bonchev–Trinajstić information content (AvgIpc) is 2.44. The van der Waals surface area contributed by atoms with Crippen LogP contribution >= 0.6 is 0 Å². The second kappa shape index (κ2) is 10.7. The Morgan fingerprint density at radius 2 is 1.29 bits per heavy atom. The minimum atomic E-state index is -0.499. The second-order valence-electron chi connectivity index (χ2n) is 8.10. The molecule has 0 spiro atoms. The maximum atomic E-state index is 11.7. The molecule has 0 fully saturated rings. The zero-order valence-corrected chi connectivity index (χ0v) is 16.3. The highest BCUT2D eigenvalue weighted by atomic mass is 17.2. The Balaban J connectivity index is 3.65. The van der Waals surface area contributed by atoms with Crippen LogP contribution in [0, 0.1) is 5.92 Å². The van der Waals surface area contributed by atoms with Gasteiger partial charge in [0.25, 0.3) is 0 Å². The number of carbonyl (C=O) groups excluding carboxylic acids is 2. The van der Waals surface area contributed by atoms with E-state index in [1.54, 1.807) is 0 Å². The van der Waals surface area contributed by atoms with E-state index in [0.29, 0.717) is 6.42 Å². The van der Waals surface area contributed by atoms with Crippen molar-refractivity contribution in [2.75, 3.05) is 0 Å². The summed E-state index contributed by atoms with van der Waals surface area (Å²) in [5.41, 5.74) is -0.988. The molecule has 0 aliphatic heterocycles. The zero-order valence-electron chi connectivity index (χ0n) is 16.3. The van der Waals surface area contributed by atoms with Crippen molar-refractivity contribution in [1.29, 1.82) is 0 Å². The number of hydrogen-bond acceptors (Lipinski definition) is 6. The summed E-state index contributed by atoms with van der Waals surface area (Å²) < 4.78 is 0. The van der Waals surface area contributed by atoms with E-state index in [0.717, 1.165) is 32.1 Å². The Kier molecular flexibility index (Phi) is 10.2. The number of rotatable bonds is 10. The topological polar surface area (TPSA) is 71.1 Å². The molecule has 24 heavy (non-hydrogen) atoms. The van der Waals surface area contributed by atoms with E-state index in [1.165, 1.54) is 0 Å². The molecule has 0 aliphatic carbocycles. The van der Waals surface area contributed by atoms with E-state index in [1.807, 2.05) is 48.5 Å². The molecule has 0 aromatic rings. The SMILES string of the molecule is CC(CCCCCCC(=O)OOC(C)(C)C)C(=O)OOC(C)(C)C. The van der Waals surface area contributed by atoms with Crippen LogP contribution in [0.15, 0.2) is 0 Å². The second-order valence-corrected chi connectivity index (χ2v) is 8.10. The molecule has 0 aromatic heterocycles. The van der Waals surface area contributed by atoms with Crippen LogP contribution in [-0.4, -0.2) is 23.1 Å². The predicted molar refractivity (Wildman–Crippen MR) is 90.7 cm³/mol. The highest BCUT2D eigenvalue weighted by Crippen LogP contribution is 2.15. The fourth-order valence-electron chi connectivity index (χ4n) is 1.65. The summed E-state index contributed by atoms with van der Waals surface area (Å²) in [5, 5.41) is 0. The van der Waals surface area contributed by atoms with Crippen LogP contribution in [0.1, 0.15) is 87.0 Å². The van der Waals surface area contributed by atoms with Gasteiger partial charge in [0.05, 0.1) is 5.92 Å². The Hall–Kier alpha value is -1.14. The third kappa shape index (κ3) is 14.5. The van der Waals surface area contributed by atoms with Crippen LogP contribution < -0.4 is 0 Å². The van der Waals surface area contributed by atoms with E-state index in [-0.39, 0.29) is 17.9 Å². The number of carbonyl (C=O) groups is 2. The first-order chi connectivity index (χ1) is 10.9. The number of hydrogen-bond donors (Lipinski definition) is 0. The van der Waals surface area contributed by atoms with Crippen LogP contribution in [0.5, 0.6) is 0 Å². The minimum absolute atomic E-state index is 0.197. The van der Waals surface area contributed by atoms with E-state index in [4.69, 9.17) is 19.6 Å². The van der Waals surface area contributed by atoms with Crippen molar-refractivity contribution in [3.05, 3.63) is 0 Å². The fraction of sp³-hybridized carbons (Fsp3) is 0.889. The summed E-state index contributed by atoms with van der Waals surface area (Å²) in [6.45, 7) is 12.7. The van der Waals surface area contributed by atoms with Crippen molar-refractivity contribution in [3.8, 4) is 0 Å². The van der Waals surface area contributed by atoms with Crippen molar-refractivity contribution < 1.29 is 29.1 Å². The Morgan fingerprint density at radius 1 is 0.792 bits per heavy atom. The lowest BCUT2D eigenvalue weighted by Gasteiger charge is -2.18. The Morgan fingerprint density at radius 3 is 1.83 bits per heavy atom. The van der Waals surface area contributed by atoms with Gasteiger partial charge in [0.15, 0.2) is 0 Å². The van der Waals surface area contributed by atoms with Gasteiger partial charge in [-0.3, -0.25) is 9.78 Å². The van der Waals surface area contributed by atoms with E-state index in [2.05, 4.69) is 0 Å². The molecule has 1 unspecified atom stereocenters. The summed E-state index contributed by atoms with van der Waals surface area (Å²) in [6, 6.07) is 0. The monoisotopic (exact) mass is 346 g/mol. The van der Waals surface area contributed by atoms with Crippen molar-refractivity contribution in [2.45, 2.75) is 98.2 Å². The van der Waals surface area contributed by atoms with Crippen LogP contribution in [0.2, 0.25) is 0 Å². The van der Waals surface area contributed by atoms with E-state index < -0.39 is 11.2 Å². The Bertz CT molecular complexity index is 378. The lowest BCUT2D eigenvalue weighted by molar-refractivity contribution is -0.323. The summed E-state index contributed by atoms with van der Waals surface area (Å²) in [6.07, 6.45) is 4.59. The molecule has 0 aromatic carbocycles. The van der Waals surface area contributed by atoms with Gasteiger partial charge in [-0.25, -0.2) is 9.59 Å². The van der Waals surface area contributed by atoms with Gasteiger partial charge >= 0.3 is 11.9 Å². The normalized spacial score (nSPS) is 13.5. The van der Waals surface area contributed by atoms with Gasteiger partial charge in [0, 0.05) is 6.42 Å². The molecule has 142 valence electrons.